The van der Waals surface area contributed by atoms with E-state index in [1.807, 2.05) is 0 Å². The zero-order chi connectivity index (χ0) is 27.9. The molecule has 0 saturated carbocycles. The van der Waals surface area contributed by atoms with Crippen molar-refractivity contribution in [1.82, 2.24) is 9.62 Å². The fraction of sp³-hybridized carbons (Fsp3) is 0.500. The second-order valence-electron chi connectivity index (χ2n) is 11.2. The fourth-order valence-electron chi connectivity index (χ4n) is 5.21. The van der Waals surface area contributed by atoms with Crippen LogP contribution in [0.1, 0.15) is 56.4 Å². The molecule has 0 bridgehead atoms. The standard InChI is InChI=1S/C26H27Cl2F3N2O4S/c1-22(2,3)37-21(34)33-12-24(13-33)17-6-5-15(7-14(17)10-36-24)26(35)11-25(38-32-26,23(4,30)31)16-8-18(27)20(29)19(28)9-16/h5-9,32,35H,10-13H2,1-4H3. The lowest BCUT2D eigenvalue weighted by atomic mass is 9.80. The lowest BCUT2D eigenvalue weighted by Crippen LogP contribution is -2.61. The van der Waals surface area contributed by atoms with Gasteiger partial charge in [0, 0.05) is 13.3 Å². The molecule has 0 radical (unpaired) electrons. The minimum atomic E-state index is -3.35. The summed E-state index contributed by atoms with van der Waals surface area (Å²) in [5.41, 5.74) is -1.09. The Kier molecular flexibility index (Phi) is 6.53. The number of ether oxygens (including phenoxy) is 2. The van der Waals surface area contributed by atoms with Gasteiger partial charge in [-0.2, -0.15) is 0 Å². The molecule has 6 nitrogen and oxygen atoms in total. The van der Waals surface area contributed by atoms with Crippen molar-refractivity contribution in [3.8, 4) is 0 Å². The number of nitrogens with one attached hydrogen (secondary N) is 1. The number of aliphatic hydroxyl groups is 1. The minimum absolute atomic E-state index is 0.00465. The highest BCUT2D eigenvalue weighted by Gasteiger charge is 2.62. The topological polar surface area (TPSA) is 71.0 Å². The predicted molar refractivity (Wildman–Crippen MR) is 139 cm³/mol. The third-order valence-corrected chi connectivity index (χ3v) is 9.26. The molecule has 1 amide bonds. The van der Waals surface area contributed by atoms with Crippen molar-refractivity contribution in [3.05, 3.63) is 68.4 Å². The van der Waals surface area contributed by atoms with E-state index in [1.165, 1.54) is 0 Å². The zero-order valence-electron chi connectivity index (χ0n) is 21.1. The first-order valence-electron chi connectivity index (χ1n) is 11.9. The first-order chi connectivity index (χ1) is 17.5. The summed E-state index contributed by atoms with van der Waals surface area (Å²) in [4.78, 5) is 14.0. The normalized spacial score (nSPS) is 26.4. The maximum Gasteiger partial charge on any atom is 0.410 e. The van der Waals surface area contributed by atoms with Crippen molar-refractivity contribution < 1.29 is 32.5 Å². The van der Waals surface area contributed by atoms with Crippen molar-refractivity contribution in [2.24, 2.45) is 0 Å². The predicted octanol–water partition coefficient (Wildman–Crippen LogP) is 6.45. The van der Waals surface area contributed by atoms with Crippen molar-refractivity contribution in [3.63, 3.8) is 0 Å². The van der Waals surface area contributed by atoms with Crippen LogP contribution >= 0.6 is 35.1 Å². The van der Waals surface area contributed by atoms with Gasteiger partial charge >= 0.3 is 6.09 Å². The van der Waals surface area contributed by atoms with Crippen LogP contribution in [0.5, 0.6) is 0 Å². The van der Waals surface area contributed by atoms with Crippen LogP contribution in [-0.2, 0) is 32.2 Å². The van der Waals surface area contributed by atoms with Crippen LogP contribution in [0, 0.1) is 5.82 Å². The van der Waals surface area contributed by atoms with Gasteiger partial charge in [0.25, 0.3) is 5.92 Å². The highest BCUT2D eigenvalue weighted by Crippen LogP contribution is 2.59. The Morgan fingerprint density at radius 3 is 2.34 bits per heavy atom. The monoisotopic (exact) mass is 590 g/mol. The van der Waals surface area contributed by atoms with E-state index >= 15 is 8.78 Å². The largest absolute Gasteiger partial charge is 0.444 e. The average Bonchev–Trinajstić information content (AvgIpc) is 3.34. The van der Waals surface area contributed by atoms with Gasteiger partial charge in [-0.1, -0.05) is 47.3 Å². The van der Waals surface area contributed by atoms with E-state index in [0.29, 0.717) is 30.6 Å². The Hall–Kier alpha value is -1.69. The molecule has 3 aliphatic rings. The van der Waals surface area contributed by atoms with Crippen LogP contribution in [0.3, 0.4) is 0 Å². The van der Waals surface area contributed by atoms with Crippen molar-refractivity contribution in [2.45, 2.75) is 68.3 Å². The Morgan fingerprint density at radius 1 is 1.13 bits per heavy atom. The molecule has 38 heavy (non-hydrogen) atoms. The number of carbonyl (C=O) groups excluding carboxylic acids is 1. The summed E-state index contributed by atoms with van der Waals surface area (Å²) in [5, 5.41) is 10.8. The number of fused-ring (bicyclic) bond motifs is 2. The second-order valence-corrected chi connectivity index (χ2v) is 13.1. The molecular formula is C26H27Cl2F3N2O4S. The number of halogens is 5. The summed E-state index contributed by atoms with van der Waals surface area (Å²) in [6.07, 6.45) is -0.861. The van der Waals surface area contributed by atoms with Crippen molar-refractivity contribution in [1.29, 1.82) is 0 Å². The molecule has 3 heterocycles. The van der Waals surface area contributed by atoms with Crippen LogP contribution in [0.2, 0.25) is 10.0 Å². The molecule has 2 fully saturated rings. The van der Waals surface area contributed by atoms with Crippen LogP contribution in [-0.4, -0.2) is 40.7 Å². The van der Waals surface area contributed by atoms with Gasteiger partial charge in [-0.3, -0.25) is 0 Å². The Morgan fingerprint density at radius 2 is 1.76 bits per heavy atom. The van der Waals surface area contributed by atoms with E-state index in [4.69, 9.17) is 32.7 Å². The number of rotatable bonds is 3. The number of alkyl halides is 2. The summed E-state index contributed by atoms with van der Waals surface area (Å²) in [7, 11) is 0. The van der Waals surface area contributed by atoms with E-state index in [0.717, 1.165) is 30.2 Å². The molecule has 2 saturated heterocycles. The molecule has 2 N–H and O–H groups in total. The maximum atomic E-state index is 15.2. The molecule has 2 atom stereocenters. The number of carbonyl (C=O) groups is 1. The zero-order valence-corrected chi connectivity index (χ0v) is 23.5. The Balaban J connectivity index is 1.41. The number of hydrogen-bond acceptors (Lipinski definition) is 6. The van der Waals surface area contributed by atoms with Crippen LogP contribution in [0.25, 0.3) is 0 Å². The summed E-state index contributed by atoms with van der Waals surface area (Å²) >= 11 is 12.5. The summed E-state index contributed by atoms with van der Waals surface area (Å²) in [6, 6.07) is 7.42. The highest BCUT2D eigenvalue weighted by molar-refractivity contribution is 7.98. The third-order valence-electron chi connectivity index (χ3n) is 7.18. The van der Waals surface area contributed by atoms with E-state index in [1.54, 1.807) is 43.9 Å². The number of hydrogen-bond donors (Lipinski definition) is 2. The molecule has 3 aliphatic heterocycles. The van der Waals surface area contributed by atoms with Gasteiger partial charge in [0.05, 0.1) is 29.7 Å². The van der Waals surface area contributed by atoms with Gasteiger partial charge in [0.2, 0.25) is 0 Å². The summed E-state index contributed by atoms with van der Waals surface area (Å²) < 4.78 is 56.6. The van der Waals surface area contributed by atoms with E-state index in [9.17, 15) is 14.3 Å². The molecule has 12 heteroatoms. The number of benzene rings is 2. The van der Waals surface area contributed by atoms with Crippen molar-refractivity contribution >= 4 is 41.2 Å². The van der Waals surface area contributed by atoms with E-state index in [2.05, 4.69) is 4.72 Å². The molecule has 0 aromatic heterocycles. The fourth-order valence-corrected chi connectivity index (χ4v) is 6.93. The van der Waals surface area contributed by atoms with E-state index in [-0.39, 0.29) is 22.2 Å². The highest BCUT2D eigenvalue weighted by atomic mass is 35.5. The molecule has 206 valence electrons. The SMILES string of the molecule is CC(C)(C)OC(=O)N1CC2(C1)OCc1cc(C3(O)CC(c4cc(Cl)c(F)c(Cl)c4)(C(C)(F)F)SN3)ccc12. The first kappa shape index (κ1) is 27.9. The van der Waals surface area contributed by atoms with Crippen LogP contribution < -0.4 is 4.72 Å². The quantitative estimate of drug-likeness (QED) is 0.316. The number of likely N-dealkylation sites (tertiary alicyclic amines) is 1. The van der Waals surface area contributed by atoms with Gasteiger partial charge in [-0.25, -0.2) is 22.7 Å². The van der Waals surface area contributed by atoms with E-state index < -0.39 is 45.9 Å². The summed E-state index contributed by atoms with van der Waals surface area (Å²) in [5.74, 6) is -4.24. The van der Waals surface area contributed by atoms with Gasteiger partial charge in [-0.05, 0) is 61.2 Å². The number of nitrogens with zero attached hydrogens (tertiary/aromatic N) is 1. The molecule has 2 unspecified atom stereocenters. The smallest absolute Gasteiger partial charge is 0.410 e. The lowest BCUT2D eigenvalue weighted by molar-refractivity contribution is -0.137. The number of amides is 1. The first-order valence-corrected chi connectivity index (χ1v) is 13.5. The van der Waals surface area contributed by atoms with Gasteiger partial charge in [0.1, 0.15) is 15.9 Å². The van der Waals surface area contributed by atoms with Gasteiger partial charge in [0.15, 0.2) is 11.5 Å². The maximum absolute atomic E-state index is 15.2. The molecule has 1 spiro atoms. The molecule has 0 aliphatic carbocycles. The molecule has 2 aromatic rings. The lowest BCUT2D eigenvalue weighted by Gasteiger charge is -2.47. The Labute approximate surface area is 232 Å². The Bertz CT molecular complexity index is 1290. The molecular weight excluding hydrogens is 564 g/mol. The second kappa shape index (κ2) is 8.91. The average molecular weight is 591 g/mol. The van der Waals surface area contributed by atoms with Crippen molar-refractivity contribution in [2.75, 3.05) is 13.1 Å². The summed E-state index contributed by atoms with van der Waals surface area (Å²) in [6.45, 7) is 7.02. The molecule has 2 aromatic carbocycles. The van der Waals surface area contributed by atoms with Gasteiger partial charge < -0.3 is 19.5 Å². The van der Waals surface area contributed by atoms with Crippen LogP contribution in [0.15, 0.2) is 30.3 Å². The molecule has 5 rings (SSSR count). The van der Waals surface area contributed by atoms with Crippen LogP contribution in [0.4, 0.5) is 18.0 Å². The minimum Gasteiger partial charge on any atom is -0.444 e. The van der Waals surface area contributed by atoms with Gasteiger partial charge in [-0.15, -0.1) is 0 Å². The third kappa shape index (κ3) is 4.47.